The van der Waals surface area contributed by atoms with Gasteiger partial charge in [0.05, 0.1) is 0 Å². The van der Waals surface area contributed by atoms with Gasteiger partial charge in [-0.15, -0.1) is 0 Å². The first kappa shape index (κ1) is 11.6. The van der Waals surface area contributed by atoms with Crippen molar-refractivity contribution in [2.75, 3.05) is 5.33 Å². The van der Waals surface area contributed by atoms with E-state index in [9.17, 15) is 4.79 Å². The van der Waals surface area contributed by atoms with Gasteiger partial charge in [0, 0.05) is 10.7 Å². The van der Waals surface area contributed by atoms with Gasteiger partial charge in [-0.1, -0.05) is 61.6 Å². The van der Waals surface area contributed by atoms with Crippen molar-refractivity contribution in [3.8, 4) is 0 Å². The lowest BCUT2D eigenvalue weighted by molar-refractivity contribution is -0.128. The highest BCUT2D eigenvalue weighted by atomic mass is 79.9. The van der Waals surface area contributed by atoms with Crippen molar-refractivity contribution in [2.45, 2.75) is 29.9 Å². The van der Waals surface area contributed by atoms with E-state index in [-0.39, 0.29) is 10.8 Å². The first-order chi connectivity index (χ1) is 6.30. The van der Waals surface area contributed by atoms with Gasteiger partial charge in [-0.2, -0.15) is 0 Å². The number of fused-ring (bicyclic) bond motifs is 2. The SMILES string of the molecule is C[C@]12CC[C@H](C(Br)(Br)C1=O)[C@]2(C)CBr. The van der Waals surface area contributed by atoms with Gasteiger partial charge in [0.15, 0.2) is 5.78 Å². The van der Waals surface area contributed by atoms with E-state index in [2.05, 4.69) is 61.6 Å². The normalized spacial score (nSPS) is 50.1. The largest absolute Gasteiger partial charge is 0.296 e. The lowest BCUT2D eigenvalue weighted by atomic mass is 9.70. The Balaban J connectivity index is 2.56. The molecule has 0 aromatic rings. The summed E-state index contributed by atoms with van der Waals surface area (Å²) in [6, 6.07) is 0. The highest BCUT2D eigenvalue weighted by molar-refractivity contribution is 9.26. The average Bonchev–Trinajstić information content (AvgIpc) is 2.44. The molecular weight excluding hydrogens is 376 g/mol. The monoisotopic (exact) mass is 386 g/mol. The fourth-order valence-electron chi connectivity index (χ4n) is 3.14. The third-order valence-electron chi connectivity index (χ3n) is 4.48. The zero-order valence-electron chi connectivity index (χ0n) is 8.24. The molecule has 2 aliphatic rings. The fourth-order valence-corrected chi connectivity index (χ4v) is 6.50. The van der Waals surface area contributed by atoms with Gasteiger partial charge in [0.2, 0.25) is 0 Å². The first-order valence-electron chi connectivity index (χ1n) is 4.79. The second kappa shape index (κ2) is 3.07. The smallest absolute Gasteiger partial charge is 0.166 e. The maximum Gasteiger partial charge on any atom is 0.166 e. The lowest BCUT2D eigenvalue weighted by Crippen LogP contribution is -2.38. The van der Waals surface area contributed by atoms with Gasteiger partial charge in [-0.05, 0) is 24.2 Å². The van der Waals surface area contributed by atoms with Crippen molar-refractivity contribution >= 4 is 53.6 Å². The molecule has 2 bridgehead atoms. The molecule has 2 aliphatic carbocycles. The van der Waals surface area contributed by atoms with Crippen LogP contribution in [0.25, 0.3) is 0 Å². The van der Waals surface area contributed by atoms with Crippen LogP contribution in [0.1, 0.15) is 26.7 Å². The zero-order valence-corrected chi connectivity index (χ0v) is 13.0. The number of alkyl halides is 3. The minimum Gasteiger partial charge on any atom is -0.296 e. The van der Waals surface area contributed by atoms with Crippen LogP contribution < -0.4 is 0 Å². The highest BCUT2D eigenvalue weighted by Gasteiger charge is 2.72. The molecule has 0 saturated heterocycles. The summed E-state index contributed by atoms with van der Waals surface area (Å²) in [5.74, 6) is 0.718. The minimum atomic E-state index is -0.477. The Bertz CT molecular complexity index is 302. The fraction of sp³-hybridized carbons (Fsp3) is 0.900. The Morgan fingerprint density at radius 2 is 2.00 bits per heavy atom. The Morgan fingerprint density at radius 1 is 1.43 bits per heavy atom. The van der Waals surface area contributed by atoms with Crippen molar-refractivity contribution in [1.82, 2.24) is 0 Å². The molecule has 4 heteroatoms. The molecule has 1 nitrogen and oxygen atoms in total. The third kappa shape index (κ3) is 1.03. The predicted octanol–water partition coefficient (Wildman–Crippen LogP) is 3.87. The number of carbonyl (C=O) groups excluding carboxylic acids is 1. The van der Waals surface area contributed by atoms with Crippen LogP contribution in [0.15, 0.2) is 0 Å². The molecule has 0 aliphatic heterocycles. The van der Waals surface area contributed by atoms with Crippen molar-refractivity contribution in [3.63, 3.8) is 0 Å². The van der Waals surface area contributed by atoms with Crippen molar-refractivity contribution < 1.29 is 4.79 Å². The van der Waals surface area contributed by atoms with Gasteiger partial charge in [-0.25, -0.2) is 0 Å². The van der Waals surface area contributed by atoms with Gasteiger partial charge in [0.25, 0.3) is 0 Å². The molecule has 0 aromatic heterocycles. The van der Waals surface area contributed by atoms with Gasteiger partial charge in [-0.3, -0.25) is 4.79 Å². The van der Waals surface area contributed by atoms with E-state index < -0.39 is 3.23 Å². The molecule has 2 fully saturated rings. The number of hydrogen-bond acceptors (Lipinski definition) is 1. The number of ketones is 1. The summed E-state index contributed by atoms with van der Waals surface area (Å²) < 4.78 is -0.477. The molecule has 0 radical (unpaired) electrons. The Morgan fingerprint density at radius 3 is 2.29 bits per heavy atom. The third-order valence-corrected chi connectivity index (χ3v) is 7.47. The van der Waals surface area contributed by atoms with E-state index in [0.717, 1.165) is 18.2 Å². The van der Waals surface area contributed by atoms with E-state index in [0.29, 0.717) is 11.7 Å². The van der Waals surface area contributed by atoms with E-state index in [1.165, 1.54) is 0 Å². The molecule has 14 heavy (non-hydrogen) atoms. The Kier molecular flexibility index (Phi) is 2.54. The molecule has 0 amide bonds. The van der Waals surface area contributed by atoms with E-state index >= 15 is 0 Å². The molecule has 2 saturated carbocycles. The Labute approximate surface area is 110 Å². The van der Waals surface area contributed by atoms with Crippen LogP contribution in [0, 0.1) is 16.7 Å². The van der Waals surface area contributed by atoms with Gasteiger partial charge in [0.1, 0.15) is 3.23 Å². The lowest BCUT2D eigenvalue weighted by Gasteiger charge is -2.34. The number of rotatable bonds is 1. The van der Waals surface area contributed by atoms with Crippen LogP contribution in [-0.2, 0) is 4.79 Å². The molecule has 3 atom stereocenters. The highest BCUT2D eigenvalue weighted by Crippen LogP contribution is 2.71. The second-order valence-corrected chi connectivity index (χ2v) is 9.05. The summed E-state index contributed by atoms with van der Waals surface area (Å²) in [6.45, 7) is 4.34. The summed E-state index contributed by atoms with van der Waals surface area (Å²) in [5.41, 5.74) is -0.0920. The quantitative estimate of drug-likeness (QED) is 0.623. The van der Waals surface area contributed by atoms with Crippen LogP contribution in [0.2, 0.25) is 0 Å². The van der Waals surface area contributed by atoms with E-state index in [1.54, 1.807) is 0 Å². The van der Waals surface area contributed by atoms with Crippen LogP contribution in [0.4, 0.5) is 0 Å². The predicted molar refractivity (Wildman–Crippen MR) is 68.3 cm³/mol. The van der Waals surface area contributed by atoms with Crippen LogP contribution in [-0.4, -0.2) is 14.3 Å². The molecule has 80 valence electrons. The first-order valence-corrected chi connectivity index (χ1v) is 7.50. The molecule has 2 rings (SSSR count). The van der Waals surface area contributed by atoms with E-state index in [4.69, 9.17) is 0 Å². The molecule has 0 spiro atoms. The number of Topliss-reactive ketones (excluding diaryl/α,β-unsaturated/α-hetero) is 1. The molecule has 0 unspecified atom stereocenters. The van der Waals surface area contributed by atoms with Crippen LogP contribution in [0.5, 0.6) is 0 Å². The molecule has 0 heterocycles. The number of hydrogen-bond donors (Lipinski definition) is 0. The summed E-state index contributed by atoms with van der Waals surface area (Å²) in [5, 5.41) is 0.895. The van der Waals surface area contributed by atoms with Crippen LogP contribution in [0.3, 0.4) is 0 Å². The van der Waals surface area contributed by atoms with Crippen molar-refractivity contribution in [2.24, 2.45) is 16.7 Å². The molecule has 0 aromatic carbocycles. The van der Waals surface area contributed by atoms with Crippen LogP contribution >= 0.6 is 47.8 Å². The summed E-state index contributed by atoms with van der Waals surface area (Å²) in [6.07, 6.45) is 2.15. The number of carbonyl (C=O) groups is 1. The Hall–Kier alpha value is 1.11. The summed E-state index contributed by atoms with van der Waals surface area (Å²) in [7, 11) is 0. The number of halogens is 3. The summed E-state index contributed by atoms with van der Waals surface area (Å²) in [4.78, 5) is 12.3. The molecule has 0 N–H and O–H groups in total. The van der Waals surface area contributed by atoms with Gasteiger partial charge < -0.3 is 0 Å². The standard InChI is InChI=1S/C10H13Br3O/c1-8-4-3-6(9(8,2)5-11)10(12,13)7(8)14/h6H,3-5H2,1-2H3/t6-,8-,9-/m0/s1. The van der Waals surface area contributed by atoms with Crippen molar-refractivity contribution in [1.29, 1.82) is 0 Å². The second-order valence-electron chi connectivity index (χ2n) is 4.93. The topological polar surface area (TPSA) is 17.1 Å². The average molecular weight is 389 g/mol. The van der Waals surface area contributed by atoms with E-state index in [1.807, 2.05) is 0 Å². The maximum absolute atomic E-state index is 12.3. The molecular formula is C10H13Br3O. The summed E-state index contributed by atoms with van der Waals surface area (Å²) >= 11 is 10.7. The van der Waals surface area contributed by atoms with Gasteiger partial charge >= 0.3 is 0 Å². The zero-order chi connectivity index (χ0) is 10.8. The van der Waals surface area contributed by atoms with Crippen molar-refractivity contribution in [3.05, 3.63) is 0 Å². The minimum absolute atomic E-state index is 0.0804. The maximum atomic E-state index is 12.3.